The van der Waals surface area contributed by atoms with Gasteiger partial charge in [0.05, 0.1) is 24.8 Å². The number of ether oxygens (including phenoxy) is 1. The van der Waals surface area contributed by atoms with Gasteiger partial charge in [-0.1, -0.05) is 0 Å². The molecule has 0 bridgehead atoms. The molecule has 4 N–H and O–H groups in total. The van der Waals surface area contributed by atoms with Gasteiger partial charge in [-0.15, -0.1) is 0 Å². The molecule has 0 atom stereocenters. The molecule has 0 fully saturated rings. The van der Waals surface area contributed by atoms with Crippen molar-refractivity contribution in [1.82, 2.24) is 38.9 Å². The second-order valence-corrected chi connectivity index (χ2v) is 11.3. The Labute approximate surface area is 276 Å². The van der Waals surface area contributed by atoms with Gasteiger partial charge in [-0.3, -0.25) is 19.2 Å². The van der Waals surface area contributed by atoms with Gasteiger partial charge in [0, 0.05) is 38.6 Å². The molecule has 0 aliphatic heterocycles. The lowest BCUT2D eigenvalue weighted by Crippen LogP contribution is -2.28. The summed E-state index contributed by atoms with van der Waals surface area (Å²) in [7, 11) is 8.91. The third-order valence-corrected chi connectivity index (χ3v) is 7.38. The zero-order chi connectivity index (χ0) is 34.4. The summed E-state index contributed by atoms with van der Waals surface area (Å²) in [5, 5.41) is 11.2. The van der Waals surface area contributed by atoms with E-state index in [1.807, 2.05) is 19.0 Å². The minimum atomic E-state index is -0.414. The molecule has 0 unspecified atom stereocenters. The van der Waals surface area contributed by atoms with Crippen LogP contribution in [-0.2, 0) is 25.4 Å². The number of amides is 4. The smallest absolute Gasteiger partial charge is 0.272 e. The molecular weight excluding hydrogens is 618 g/mol. The normalized spacial score (nSPS) is 11.0. The first-order valence-corrected chi connectivity index (χ1v) is 15.0. The van der Waals surface area contributed by atoms with E-state index < -0.39 is 17.7 Å². The van der Waals surface area contributed by atoms with Gasteiger partial charge in [0.15, 0.2) is 17.0 Å². The van der Waals surface area contributed by atoms with E-state index in [9.17, 15) is 19.2 Å². The molecule has 48 heavy (non-hydrogen) atoms. The summed E-state index contributed by atoms with van der Waals surface area (Å²) in [4.78, 5) is 66.3. The van der Waals surface area contributed by atoms with Gasteiger partial charge in [-0.05, 0) is 63.5 Å². The van der Waals surface area contributed by atoms with Gasteiger partial charge >= 0.3 is 0 Å². The van der Waals surface area contributed by atoms with Crippen molar-refractivity contribution in [3.05, 3.63) is 78.4 Å². The lowest BCUT2D eigenvalue weighted by Gasteiger charge is -2.10. The Balaban J connectivity index is 1.19. The molecule has 4 aromatic heterocycles. The number of carbonyl (C=O) groups is 4. The fraction of sp³-hybridized carbons (Fsp3) is 0.281. The van der Waals surface area contributed by atoms with Crippen LogP contribution >= 0.6 is 0 Å². The van der Waals surface area contributed by atoms with Gasteiger partial charge in [0.25, 0.3) is 17.7 Å². The Bertz CT molecular complexity index is 1960. The van der Waals surface area contributed by atoms with E-state index in [1.54, 1.807) is 79.1 Å². The topological polar surface area (TPSA) is 182 Å². The number of nitrogens with one attached hydrogen (secondary N) is 4. The second kappa shape index (κ2) is 14.6. The molecule has 0 aliphatic rings. The van der Waals surface area contributed by atoms with E-state index in [0.29, 0.717) is 51.8 Å². The molecule has 0 radical (unpaired) electrons. The third-order valence-electron chi connectivity index (χ3n) is 7.38. The molecule has 0 spiro atoms. The summed E-state index contributed by atoms with van der Waals surface area (Å²) >= 11 is 0. The van der Waals surface area contributed by atoms with Crippen molar-refractivity contribution in [2.45, 2.75) is 13.0 Å². The van der Waals surface area contributed by atoms with Crippen molar-refractivity contribution in [3.63, 3.8) is 0 Å². The number of nitrogens with zero attached hydrogens (tertiary/aromatic N) is 7. The number of hydrogen-bond acceptors (Lipinski definition) is 9. The molecule has 0 saturated carbocycles. The van der Waals surface area contributed by atoms with E-state index >= 15 is 0 Å². The summed E-state index contributed by atoms with van der Waals surface area (Å²) < 4.78 is 9.89. The largest absolute Gasteiger partial charge is 0.497 e. The Hall–Kier alpha value is -6.03. The SMILES string of the molecule is COc1ccc(C(=O)Nc2ncnc3c2ncn3CC(=O)Nc2cc(C(=O)Nc3cc(C(=O)NCCCN(C)C)n(C)c3)n(C)c2)cc1. The maximum atomic E-state index is 13.1. The highest BCUT2D eigenvalue weighted by atomic mass is 16.5. The standard InChI is InChI=1S/C32H37N11O5/c1-40(2)12-6-11-33-31(46)24-14-22(16-41(24)3)38-32(47)25-13-21(15-42(25)4)37-26(44)17-43-19-36-27-28(34-18-35-29(27)43)39-30(45)20-7-9-23(48-5)10-8-20/h7-10,13-16,18-19H,6,11-12,17H2,1-5H3,(H,33,46)(H,37,44)(H,38,47)(H,34,35,39,45). The average molecular weight is 656 g/mol. The van der Waals surface area contributed by atoms with Gasteiger partial charge in [0.1, 0.15) is 30.0 Å². The summed E-state index contributed by atoms with van der Waals surface area (Å²) in [6, 6.07) is 9.77. The first-order chi connectivity index (χ1) is 23.0. The van der Waals surface area contributed by atoms with Crippen molar-refractivity contribution in [3.8, 4) is 5.75 Å². The maximum absolute atomic E-state index is 13.1. The first kappa shape index (κ1) is 33.3. The van der Waals surface area contributed by atoms with Crippen LogP contribution in [0.4, 0.5) is 17.2 Å². The van der Waals surface area contributed by atoms with Crippen LogP contribution < -0.4 is 26.0 Å². The van der Waals surface area contributed by atoms with Crippen LogP contribution in [0.3, 0.4) is 0 Å². The Morgan fingerprint density at radius 3 is 2.17 bits per heavy atom. The van der Waals surface area contributed by atoms with E-state index in [2.05, 4.69) is 36.2 Å². The van der Waals surface area contributed by atoms with Crippen molar-refractivity contribution < 1.29 is 23.9 Å². The van der Waals surface area contributed by atoms with Crippen LogP contribution in [0, 0.1) is 0 Å². The zero-order valence-electron chi connectivity index (χ0n) is 27.3. The number of rotatable bonds is 13. The zero-order valence-corrected chi connectivity index (χ0v) is 27.3. The molecule has 1 aromatic carbocycles. The van der Waals surface area contributed by atoms with E-state index in [1.165, 1.54) is 17.2 Å². The maximum Gasteiger partial charge on any atom is 0.272 e. The quantitative estimate of drug-likeness (QED) is 0.138. The molecule has 16 nitrogen and oxygen atoms in total. The van der Waals surface area contributed by atoms with Crippen molar-refractivity contribution in [2.75, 3.05) is 50.2 Å². The van der Waals surface area contributed by atoms with Gasteiger partial charge < -0.3 is 44.6 Å². The van der Waals surface area contributed by atoms with Gasteiger partial charge in [-0.2, -0.15) is 0 Å². The number of hydrogen-bond donors (Lipinski definition) is 4. The fourth-order valence-corrected chi connectivity index (χ4v) is 4.97. The Morgan fingerprint density at radius 2 is 1.50 bits per heavy atom. The highest BCUT2D eigenvalue weighted by Gasteiger charge is 2.19. The Morgan fingerprint density at radius 1 is 0.833 bits per heavy atom. The van der Waals surface area contributed by atoms with E-state index in [-0.39, 0.29) is 18.3 Å². The number of imidazole rings is 1. The van der Waals surface area contributed by atoms with E-state index in [4.69, 9.17) is 4.74 Å². The van der Waals surface area contributed by atoms with Crippen molar-refractivity contribution in [1.29, 1.82) is 0 Å². The van der Waals surface area contributed by atoms with Crippen LogP contribution in [0.25, 0.3) is 11.2 Å². The number of aryl methyl sites for hydroxylation is 2. The summed E-state index contributed by atoms with van der Waals surface area (Å²) in [5.74, 6) is -0.602. The Kier molecular flexibility index (Phi) is 10.1. The average Bonchev–Trinajstić information content (AvgIpc) is 3.75. The monoisotopic (exact) mass is 655 g/mol. The van der Waals surface area contributed by atoms with Crippen LogP contribution in [0.1, 0.15) is 37.8 Å². The molecule has 250 valence electrons. The number of benzene rings is 1. The second-order valence-electron chi connectivity index (χ2n) is 11.3. The molecule has 5 aromatic rings. The summed E-state index contributed by atoms with van der Waals surface area (Å²) in [5.41, 5.74) is 2.64. The molecule has 4 amide bonds. The number of aromatic nitrogens is 6. The predicted molar refractivity (Wildman–Crippen MR) is 179 cm³/mol. The van der Waals surface area contributed by atoms with Crippen molar-refractivity contribution in [2.24, 2.45) is 14.1 Å². The molecule has 5 rings (SSSR count). The van der Waals surface area contributed by atoms with Crippen LogP contribution in [0.15, 0.2) is 61.4 Å². The van der Waals surface area contributed by atoms with Crippen molar-refractivity contribution >= 4 is 52.0 Å². The first-order valence-electron chi connectivity index (χ1n) is 15.0. The van der Waals surface area contributed by atoms with E-state index in [0.717, 1.165) is 13.0 Å². The molecule has 16 heteroatoms. The lowest BCUT2D eigenvalue weighted by atomic mass is 10.2. The van der Waals surface area contributed by atoms with Gasteiger partial charge in [0.2, 0.25) is 5.91 Å². The molecule has 4 heterocycles. The molecular formula is C32H37N11O5. The van der Waals surface area contributed by atoms with Crippen LogP contribution in [-0.4, -0.2) is 91.5 Å². The predicted octanol–water partition coefficient (Wildman–Crippen LogP) is 2.34. The highest BCUT2D eigenvalue weighted by Crippen LogP contribution is 2.21. The van der Waals surface area contributed by atoms with Crippen LogP contribution in [0.5, 0.6) is 5.75 Å². The summed E-state index contributed by atoms with van der Waals surface area (Å²) in [6.07, 6.45) is 6.81. The van der Waals surface area contributed by atoms with Gasteiger partial charge in [-0.25, -0.2) is 15.0 Å². The fourth-order valence-electron chi connectivity index (χ4n) is 4.97. The third kappa shape index (κ3) is 7.84. The molecule has 0 aliphatic carbocycles. The number of methoxy groups -OCH3 is 1. The minimum absolute atomic E-state index is 0.139. The number of carbonyl (C=O) groups excluding carboxylic acids is 4. The van der Waals surface area contributed by atoms with Crippen LogP contribution in [0.2, 0.25) is 0 Å². The highest BCUT2D eigenvalue weighted by molar-refractivity contribution is 6.07. The lowest BCUT2D eigenvalue weighted by molar-refractivity contribution is -0.116. The number of anilines is 3. The minimum Gasteiger partial charge on any atom is -0.497 e. The molecule has 0 saturated heterocycles. The summed E-state index contributed by atoms with van der Waals surface area (Å²) in [6.45, 7) is 1.26. The number of fused-ring (bicyclic) bond motifs is 1.